The van der Waals surface area contributed by atoms with Crippen LogP contribution in [0.5, 0.6) is 5.88 Å². The van der Waals surface area contributed by atoms with Gasteiger partial charge in [-0.2, -0.15) is 10.2 Å². The molecule has 0 bridgehead atoms. The molecule has 31 heavy (non-hydrogen) atoms. The molecule has 0 unspecified atom stereocenters. The van der Waals surface area contributed by atoms with Gasteiger partial charge in [0.25, 0.3) is 10.0 Å². The van der Waals surface area contributed by atoms with E-state index in [1.165, 1.54) is 35.1 Å². The lowest BCUT2D eigenvalue weighted by Crippen LogP contribution is -2.16. The molecule has 0 aliphatic carbocycles. The number of ether oxygens (including phenoxy) is 1. The molecule has 0 fully saturated rings. The number of methoxy groups -OCH3 is 1. The molecule has 4 rings (SSSR count). The second-order valence-corrected chi connectivity index (χ2v) is 9.08. The van der Waals surface area contributed by atoms with Gasteiger partial charge in [-0.1, -0.05) is 0 Å². The number of anilines is 1. The summed E-state index contributed by atoms with van der Waals surface area (Å²) in [5.41, 5.74) is 0.249. The molecule has 0 aromatic carbocycles. The van der Waals surface area contributed by atoms with E-state index in [9.17, 15) is 13.5 Å². The molecule has 0 aliphatic rings. The highest BCUT2D eigenvalue weighted by molar-refractivity contribution is 7.92. The van der Waals surface area contributed by atoms with E-state index < -0.39 is 15.6 Å². The highest BCUT2D eigenvalue weighted by Crippen LogP contribution is 2.32. The number of hydrogen-bond acceptors (Lipinski definition) is 8. The Morgan fingerprint density at radius 1 is 1.16 bits per heavy atom. The van der Waals surface area contributed by atoms with E-state index in [4.69, 9.17) is 4.74 Å². The van der Waals surface area contributed by atoms with Crippen molar-refractivity contribution >= 4 is 26.6 Å². The largest absolute Gasteiger partial charge is 0.479 e. The number of fused-ring (bicyclic) bond motifs is 1. The van der Waals surface area contributed by atoms with Gasteiger partial charge in [0.05, 0.1) is 36.8 Å². The van der Waals surface area contributed by atoms with E-state index in [0.29, 0.717) is 22.3 Å². The molecule has 4 heterocycles. The fourth-order valence-corrected chi connectivity index (χ4v) is 4.08. The summed E-state index contributed by atoms with van der Waals surface area (Å²) in [4.78, 5) is 8.27. The Hall–Kier alpha value is -3.51. The minimum atomic E-state index is -4.03. The second-order valence-electron chi connectivity index (χ2n) is 7.40. The summed E-state index contributed by atoms with van der Waals surface area (Å²) in [6.45, 7) is 3.30. The zero-order valence-corrected chi connectivity index (χ0v) is 18.1. The van der Waals surface area contributed by atoms with E-state index in [-0.39, 0.29) is 16.5 Å². The molecule has 0 saturated heterocycles. The van der Waals surface area contributed by atoms with E-state index in [2.05, 4.69) is 24.9 Å². The Labute approximate surface area is 178 Å². The number of aliphatic hydroxyl groups is 1. The van der Waals surface area contributed by atoms with Gasteiger partial charge in [0.15, 0.2) is 5.82 Å². The summed E-state index contributed by atoms with van der Waals surface area (Å²) in [5, 5.41) is 19.1. The van der Waals surface area contributed by atoms with Crippen LogP contribution in [0.2, 0.25) is 0 Å². The molecular formula is C19H21N7O4S. The molecule has 0 saturated carbocycles. The van der Waals surface area contributed by atoms with Crippen molar-refractivity contribution in [3.63, 3.8) is 0 Å². The summed E-state index contributed by atoms with van der Waals surface area (Å²) in [5.74, 6) is 0.487. The number of nitrogens with one attached hydrogen (secondary N) is 1. The SMILES string of the molecule is COc1ncc2cnn(C)c2c1NS(=O)(=O)c1cnn(-c2cc(C(C)(C)O)ccn2)c1. The Bertz CT molecular complexity index is 1370. The van der Waals surface area contributed by atoms with E-state index in [0.717, 1.165) is 0 Å². The summed E-state index contributed by atoms with van der Waals surface area (Å²) in [7, 11) is -0.932. The normalized spacial score (nSPS) is 12.3. The van der Waals surface area contributed by atoms with Gasteiger partial charge in [-0.3, -0.25) is 9.40 Å². The van der Waals surface area contributed by atoms with Crippen LogP contribution in [0.1, 0.15) is 19.4 Å². The lowest BCUT2D eigenvalue weighted by molar-refractivity contribution is 0.0785. The van der Waals surface area contributed by atoms with Gasteiger partial charge >= 0.3 is 0 Å². The van der Waals surface area contributed by atoms with E-state index >= 15 is 0 Å². The highest BCUT2D eigenvalue weighted by Gasteiger charge is 2.24. The van der Waals surface area contributed by atoms with Crippen molar-refractivity contribution in [1.29, 1.82) is 0 Å². The molecule has 0 radical (unpaired) electrons. The maximum absolute atomic E-state index is 13.1. The number of aromatic nitrogens is 6. The fourth-order valence-electron chi connectivity index (χ4n) is 3.08. The average Bonchev–Trinajstić information content (AvgIpc) is 3.36. The molecule has 12 heteroatoms. The molecule has 0 atom stereocenters. The van der Waals surface area contributed by atoms with Crippen LogP contribution in [0.3, 0.4) is 0 Å². The zero-order chi connectivity index (χ0) is 22.4. The van der Waals surface area contributed by atoms with Crippen LogP contribution in [0.15, 0.2) is 48.0 Å². The standard InChI is InChI=1S/C19H21N7O4S/c1-19(2,27)13-5-6-20-15(7-13)26-11-14(10-23-26)31(28,29)24-16-17-12(9-22-25(17)3)8-21-18(16)30-4/h5-11,24,27H,1-4H3. The Balaban J connectivity index is 1.72. The Morgan fingerprint density at radius 3 is 2.65 bits per heavy atom. The number of pyridine rings is 2. The van der Waals surface area contributed by atoms with Crippen LogP contribution in [-0.2, 0) is 22.7 Å². The number of aryl methyl sites for hydroxylation is 1. The van der Waals surface area contributed by atoms with Gasteiger partial charge < -0.3 is 9.84 Å². The van der Waals surface area contributed by atoms with Crippen molar-refractivity contribution < 1.29 is 18.3 Å². The summed E-state index contributed by atoms with van der Waals surface area (Å²) in [6, 6.07) is 3.32. The minimum Gasteiger partial charge on any atom is -0.479 e. The Kier molecular flexibility index (Phi) is 4.90. The van der Waals surface area contributed by atoms with Crippen LogP contribution < -0.4 is 9.46 Å². The van der Waals surface area contributed by atoms with Crippen LogP contribution in [0.25, 0.3) is 16.7 Å². The smallest absolute Gasteiger partial charge is 0.265 e. The molecule has 0 spiro atoms. The maximum atomic E-state index is 13.1. The zero-order valence-electron chi connectivity index (χ0n) is 17.3. The molecule has 11 nitrogen and oxygen atoms in total. The van der Waals surface area contributed by atoms with Crippen molar-refractivity contribution in [2.45, 2.75) is 24.3 Å². The Morgan fingerprint density at radius 2 is 1.94 bits per heavy atom. The number of nitrogens with zero attached hydrogens (tertiary/aromatic N) is 6. The first kappa shape index (κ1) is 20.8. The van der Waals surface area contributed by atoms with Crippen molar-refractivity contribution in [3.8, 4) is 11.7 Å². The van der Waals surface area contributed by atoms with E-state index in [1.807, 2.05) is 0 Å². The molecule has 0 amide bonds. The quantitative estimate of drug-likeness (QED) is 0.458. The third-order valence-electron chi connectivity index (χ3n) is 4.72. The lowest BCUT2D eigenvalue weighted by atomic mass is 10.00. The number of rotatable bonds is 6. The number of hydrogen-bond donors (Lipinski definition) is 2. The van der Waals surface area contributed by atoms with Gasteiger partial charge in [0.2, 0.25) is 5.88 Å². The third kappa shape index (κ3) is 3.82. The van der Waals surface area contributed by atoms with Crippen molar-refractivity contribution in [2.75, 3.05) is 11.8 Å². The molecule has 4 aromatic heterocycles. The van der Waals surface area contributed by atoms with Gasteiger partial charge in [-0.25, -0.2) is 23.1 Å². The first-order valence-electron chi connectivity index (χ1n) is 9.21. The van der Waals surface area contributed by atoms with Gasteiger partial charge in [-0.15, -0.1) is 0 Å². The third-order valence-corrected chi connectivity index (χ3v) is 6.03. The van der Waals surface area contributed by atoms with E-state index in [1.54, 1.807) is 45.4 Å². The van der Waals surface area contributed by atoms with Gasteiger partial charge in [0, 0.05) is 24.8 Å². The highest BCUT2D eigenvalue weighted by atomic mass is 32.2. The molecule has 162 valence electrons. The summed E-state index contributed by atoms with van der Waals surface area (Å²) in [6.07, 6.45) is 7.21. The van der Waals surface area contributed by atoms with Crippen molar-refractivity contribution in [2.24, 2.45) is 7.05 Å². The van der Waals surface area contributed by atoms with Crippen LogP contribution >= 0.6 is 0 Å². The summed E-state index contributed by atoms with van der Waals surface area (Å²) >= 11 is 0. The second kappa shape index (κ2) is 7.32. The average molecular weight is 443 g/mol. The van der Waals surface area contributed by atoms with Crippen LogP contribution in [-0.4, -0.2) is 50.2 Å². The monoisotopic (exact) mass is 443 g/mol. The molecule has 0 aliphatic heterocycles. The molecule has 4 aromatic rings. The fraction of sp³-hybridized carbons (Fsp3) is 0.263. The molecule has 2 N–H and O–H groups in total. The molecular weight excluding hydrogens is 422 g/mol. The predicted octanol–water partition coefficient (Wildman–Crippen LogP) is 1.59. The first-order valence-corrected chi connectivity index (χ1v) is 10.7. The first-order chi connectivity index (χ1) is 14.6. The van der Waals surface area contributed by atoms with Gasteiger partial charge in [0.1, 0.15) is 10.6 Å². The summed E-state index contributed by atoms with van der Waals surface area (Å²) < 4.78 is 36.8. The topological polar surface area (TPSA) is 137 Å². The number of sulfonamides is 1. The lowest BCUT2D eigenvalue weighted by Gasteiger charge is -2.17. The minimum absolute atomic E-state index is 0.0795. The van der Waals surface area contributed by atoms with Crippen LogP contribution in [0, 0.1) is 0 Å². The van der Waals surface area contributed by atoms with Crippen molar-refractivity contribution in [3.05, 3.63) is 48.7 Å². The maximum Gasteiger partial charge on any atom is 0.265 e. The predicted molar refractivity (Wildman–Crippen MR) is 112 cm³/mol. The van der Waals surface area contributed by atoms with Crippen LogP contribution in [0.4, 0.5) is 5.69 Å². The van der Waals surface area contributed by atoms with Crippen molar-refractivity contribution in [1.82, 2.24) is 29.5 Å². The van der Waals surface area contributed by atoms with Gasteiger partial charge in [-0.05, 0) is 31.5 Å².